The molecule has 0 bridgehead atoms. The molecule has 1 aromatic carbocycles. The van der Waals surface area contributed by atoms with Crippen molar-refractivity contribution >= 4 is 17.9 Å². The number of morpholine rings is 1. The molecule has 0 spiro atoms. The Kier molecular flexibility index (Phi) is 7.29. The number of carbonyl (C=O) groups excluding carboxylic acids is 1. The van der Waals surface area contributed by atoms with Crippen molar-refractivity contribution < 1.29 is 23.6 Å². The van der Waals surface area contributed by atoms with Crippen molar-refractivity contribution in [1.29, 1.82) is 0 Å². The summed E-state index contributed by atoms with van der Waals surface area (Å²) in [5, 5.41) is 19.5. The van der Waals surface area contributed by atoms with E-state index in [2.05, 4.69) is 40.7 Å². The Labute approximate surface area is 194 Å². The highest BCUT2D eigenvalue weighted by atomic mass is 16.6. The molecule has 34 heavy (non-hydrogen) atoms. The van der Waals surface area contributed by atoms with Crippen molar-refractivity contribution in [2.75, 3.05) is 45.8 Å². The Bertz CT molecular complexity index is 1150. The minimum atomic E-state index is -0.542. The topological polar surface area (TPSA) is 168 Å². The van der Waals surface area contributed by atoms with Crippen LogP contribution >= 0.6 is 0 Å². The van der Waals surface area contributed by atoms with Crippen LogP contribution in [0.1, 0.15) is 28.7 Å². The summed E-state index contributed by atoms with van der Waals surface area (Å²) in [6, 6.07) is 5.31. The molecule has 2 aromatic heterocycles. The van der Waals surface area contributed by atoms with Gasteiger partial charge < -0.3 is 19.9 Å². The Balaban J connectivity index is 1.54. The van der Waals surface area contributed by atoms with Gasteiger partial charge in [-0.2, -0.15) is 9.78 Å². The van der Waals surface area contributed by atoms with Crippen molar-refractivity contribution in [3.05, 3.63) is 35.2 Å². The minimum absolute atomic E-state index is 0.0303. The predicted molar refractivity (Wildman–Crippen MR) is 119 cm³/mol. The molecular weight excluding hydrogens is 446 g/mol. The van der Waals surface area contributed by atoms with Crippen LogP contribution in [0.4, 0.5) is 5.82 Å². The summed E-state index contributed by atoms with van der Waals surface area (Å²) in [7, 11) is 1.57. The van der Waals surface area contributed by atoms with E-state index in [1.165, 1.54) is 10.9 Å². The highest BCUT2D eigenvalue weighted by Gasteiger charge is 2.26. The lowest BCUT2D eigenvalue weighted by Gasteiger charge is -2.26. The number of nitrogens with one attached hydrogen (secondary N) is 1. The molecule has 0 atom stereocenters. The number of hydrogen-bond donors (Lipinski definition) is 2. The number of ether oxygens (including phenoxy) is 3. The number of amides is 1. The summed E-state index contributed by atoms with van der Waals surface area (Å²) >= 11 is 0. The van der Waals surface area contributed by atoms with Gasteiger partial charge in [-0.25, -0.2) is 10.1 Å². The molecule has 0 radical (unpaired) electrons. The van der Waals surface area contributed by atoms with Gasteiger partial charge in [-0.05, 0) is 41.0 Å². The fourth-order valence-corrected chi connectivity index (χ4v) is 3.36. The second kappa shape index (κ2) is 10.7. The van der Waals surface area contributed by atoms with Crippen molar-refractivity contribution in [2.24, 2.45) is 5.10 Å². The van der Waals surface area contributed by atoms with Crippen LogP contribution in [0.25, 0.3) is 5.82 Å². The Morgan fingerprint density at radius 3 is 2.82 bits per heavy atom. The van der Waals surface area contributed by atoms with Gasteiger partial charge in [-0.1, -0.05) is 5.21 Å². The fourth-order valence-electron chi connectivity index (χ4n) is 3.36. The third-order valence-electron chi connectivity index (χ3n) is 5.02. The summed E-state index contributed by atoms with van der Waals surface area (Å²) < 4.78 is 22.3. The number of hydrazone groups is 1. The number of anilines is 1. The minimum Gasteiger partial charge on any atom is -0.493 e. The van der Waals surface area contributed by atoms with Crippen LogP contribution in [0, 0.1) is 0 Å². The van der Waals surface area contributed by atoms with E-state index in [1.807, 2.05) is 6.92 Å². The number of nitrogen functional groups attached to an aromatic ring is 1. The molecule has 1 aliphatic rings. The highest BCUT2D eigenvalue weighted by Crippen LogP contribution is 2.27. The number of hydrogen-bond acceptors (Lipinski definition) is 12. The molecule has 14 heteroatoms. The van der Waals surface area contributed by atoms with Gasteiger partial charge in [-0.15, -0.1) is 5.10 Å². The van der Waals surface area contributed by atoms with Gasteiger partial charge in [-0.3, -0.25) is 9.69 Å². The van der Waals surface area contributed by atoms with Crippen LogP contribution in [0.15, 0.2) is 27.9 Å². The van der Waals surface area contributed by atoms with Crippen LogP contribution in [-0.4, -0.2) is 82.3 Å². The van der Waals surface area contributed by atoms with Crippen molar-refractivity contribution in [2.45, 2.75) is 13.5 Å². The standard InChI is InChI=1S/C20H25N9O5/c1-3-33-16-10-13(4-5-15(16)31-2)11-22-24-20(30)17-14(12-28-6-8-32-9-7-28)29(27-23-17)19-18(21)25-34-26-19/h4-5,10-11H,3,6-9,12H2,1-2H3,(H2,21,25)(H,24,30)/b22-11-. The number of methoxy groups -OCH3 is 1. The summed E-state index contributed by atoms with van der Waals surface area (Å²) in [5.74, 6) is 0.825. The normalized spacial score (nSPS) is 14.4. The first-order valence-corrected chi connectivity index (χ1v) is 10.6. The van der Waals surface area contributed by atoms with E-state index in [0.29, 0.717) is 62.2 Å². The molecule has 3 aromatic rings. The third kappa shape index (κ3) is 5.13. The zero-order chi connectivity index (χ0) is 23.9. The van der Waals surface area contributed by atoms with Crippen molar-refractivity contribution in [1.82, 2.24) is 35.6 Å². The lowest BCUT2D eigenvalue weighted by molar-refractivity contribution is 0.0332. The van der Waals surface area contributed by atoms with Gasteiger partial charge in [0.1, 0.15) is 0 Å². The lowest BCUT2D eigenvalue weighted by Crippen LogP contribution is -2.37. The van der Waals surface area contributed by atoms with Gasteiger partial charge in [0, 0.05) is 19.6 Å². The van der Waals surface area contributed by atoms with Crippen LogP contribution in [0.5, 0.6) is 11.5 Å². The van der Waals surface area contributed by atoms with Crippen LogP contribution < -0.4 is 20.6 Å². The second-order valence-electron chi connectivity index (χ2n) is 7.20. The molecule has 1 fully saturated rings. The van der Waals surface area contributed by atoms with Crippen LogP contribution in [0.2, 0.25) is 0 Å². The molecule has 1 saturated heterocycles. The molecule has 14 nitrogen and oxygen atoms in total. The maximum Gasteiger partial charge on any atom is 0.293 e. The number of benzene rings is 1. The molecule has 0 aliphatic carbocycles. The maximum absolute atomic E-state index is 12.9. The monoisotopic (exact) mass is 471 g/mol. The fraction of sp³-hybridized carbons (Fsp3) is 0.400. The van der Waals surface area contributed by atoms with Gasteiger partial charge >= 0.3 is 0 Å². The van der Waals surface area contributed by atoms with Gasteiger partial charge in [0.05, 0.1) is 38.8 Å². The lowest BCUT2D eigenvalue weighted by atomic mass is 10.2. The first-order valence-electron chi connectivity index (χ1n) is 10.6. The zero-order valence-corrected chi connectivity index (χ0v) is 18.8. The molecule has 1 amide bonds. The summed E-state index contributed by atoms with van der Waals surface area (Å²) in [5.41, 5.74) is 9.58. The number of nitrogens with zero attached hydrogens (tertiary/aromatic N) is 7. The smallest absolute Gasteiger partial charge is 0.293 e. The maximum atomic E-state index is 12.9. The Morgan fingerprint density at radius 2 is 2.12 bits per heavy atom. The summed E-state index contributed by atoms with van der Waals surface area (Å²) in [4.78, 5) is 15.0. The number of nitrogens with two attached hydrogens (primary N) is 1. The molecule has 3 heterocycles. The molecule has 0 saturated carbocycles. The third-order valence-corrected chi connectivity index (χ3v) is 5.02. The van der Waals surface area contributed by atoms with E-state index in [4.69, 9.17) is 19.9 Å². The van der Waals surface area contributed by atoms with E-state index in [9.17, 15) is 4.79 Å². The van der Waals surface area contributed by atoms with E-state index >= 15 is 0 Å². The molecule has 4 rings (SSSR count). The average Bonchev–Trinajstić information content (AvgIpc) is 3.45. The van der Waals surface area contributed by atoms with Crippen LogP contribution in [0.3, 0.4) is 0 Å². The summed E-state index contributed by atoms with van der Waals surface area (Å²) in [6.07, 6.45) is 1.49. The number of aromatic nitrogens is 5. The van der Waals surface area contributed by atoms with Crippen LogP contribution in [-0.2, 0) is 11.3 Å². The van der Waals surface area contributed by atoms with E-state index in [0.717, 1.165) is 0 Å². The van der Waals surface area contributed by atoms with E-state index in [1.54, 1.807) is 25.3 Å². The molecule has 1 aliphatic heterocycles. The molecular formula is C20H25N9O5. The van der Waals surface area contributed by atoms with Gasteiger partial charge in [0.25, 0.3) is 5.91 Å². The Morgan fingerprint density at radius 1 is 1.29 bits per heavy atom. The van der Waals surface area contributed by atoms with E-state index in [-0.39, 0.29) is 17.3 Å². The molecule has 0 unspecified atom stereocenters. The predicted octanol–water partition coefficient (Wildman–Crippen LogP) is 0.236. The first-order chi connectivity index (χ1) is 16.6. The SMILES string of the molecule is CCOc1cc(/C=N\NC(=O)c2nnn(-c3nonc3N)c2CN2CCOCC2)ccc1OC. The van der Waals surface area contributed by atoms with Crippen molar-refractivity contribution in [3.8, 4) is 17.3 Å². The number of carbonyl (C=O) groups is 1. The quantitative estimate of drug-likeness (QED) is 0.324. The number of rotatable bonds is 9. The zero-order valence-electron chi connectivity index (χ0n) is 18.8. The van der Waals surface area contributed by atoms with Gasteiger partial charge in [0.15, 0.2) is 17.2 Å². The largest absolute Gasteiger partial charge is 0.493 e. The average molecular weight is 471 g/mol. The summed E-state index contributed by atoms with van der Waals surface area (Å²) in [6.45, 7) is 5.30. The molecule has 3 N–H and O–H groups in total. The highest BCUT2D eigenvalue weighted by molar-refractivity contribution is 5.94. The van der Waals surface area contributed by atoms with Gasteiger partial charge in [0.2, 0.25) is 11.6 Å². The Hall–Kier alpha value is -4.04. The second-order valence-corrected chi connectivity index (χ2v) is 7.20. The molecule has 180 valence electrons. The van der Waals surface area contributed by atoms with Crippen molar-refractivity contribution in [3.63, 3.8) is 0 Å². The van der Waals surface area contributed by atoms with E-state index < -0.39 is 5.91 Å². The first kappa shape index (κ1) is 23.1.